The average molecular weight is 367 g/mol. The minimum Gasteiger partial charge on any atom is -0.250 e. The molecule has 0 atom stereocenters. The summed E-state index contributed by atoms with van der Waals surface area (Å²) in [5, 5.41) is 12.0. The summed E-state index contributed by atoms with van der Waals surface area (Å²) in [6, 6.07) is 11.0. The number of aromatic amines is 1. The quantitative estimate of drug-likeness (QED) is 0.527. The predicted molar refractivity (Wildman–Crippen MR) is 92.3 cm³/mol. The van der Waals surface area contributed by atoms with Crippen molar-refractivity contribution < 1.29 is 4.39 Å². The summed E-state index contributed by atoms with van der Waals surface area (Å²) in [5.74, 6) is 0.121. The van der Waals surface area contributed by atoms with Crippen LogP contribution >= 0.6 is 35.4 Å². The van der Waals surface area contributed by atoms with Crippen LogP contribution in [0.25, 0.3) is 11.4 Å². The maximum atomic E-state index is 13.1. The molecule has 0 radical (unpaired) electrons. The number of benzene rings is 2. The first-order valence-corrected chi connectivity index (χ1v) is 7.64. The number of hydrogen-bond acceptors (Lipinski definition) is 3. The molecule has 2 aromatic carbocycles. The standard InChI is InChI=1S/C15H9Cl2FN4S/c16-12-2-1-3-13(17)11(12)8-19-22-14(20-21-15(22)23)9-4-6-10(18)7-5-9/h1-8H,(H,21,23)/b19-8-. The van der Waals surface area contributed by atoms with E-state index in [1.807, 2.05) is 0 Å². The molecule has 1 heterocycles. The summed E-state index contributed by atoms with van der Waals surface area (Å²) in [7, 11) is 0. The highest BCUT2D eigenvalue weighted by atomic mass is 35.5. The molecular formula is C15H9Cl2FN4S. The van der Waals surface area contributed by atoms with Crippen LogP contribution in [0.1, 0.15) is 5.56 Å². The van der Waals surface area contributed by atoms with Crippen molar-refractivity contribution in [1.29, 1.82) is 0 Å². The van der Waals surface area contributed by atoms with Crippen molar-refractivity contribution in [3.05, 3.63) is 68.7 Å². The summed E-state index contributed by atoms with van der Waals surface area (Å²) in [5.41, 5.74) is 1.24. The molecule has 4 nitrogen and oxygen atoms in total. The van der Waals surface area contributed by atoms with Crippen LogP contribution < -0.4 is 0 Å². The van der Waals surface area contributed by atoms with E-state index in [0.717, 1.165) is 0 Å². The van der Waals surface area contributed by atoms with Gasteiger partial charge in [0, 0.05) is 11.1 Å². The third kappa shape index (κ3) is 3.34. The number of rotatable bonds is 3. The molecule has 1 N–H and O–H groups in total. The van der Waals surface area contributed by atoms with Crippen molar-refractivity contribution in [1.82, 2.24) is 14.9 Å². The second-order valence-electron chi connectivity index (χ2n) is 4.55. The summed E-state index contributed by atoms with van der Waals surface area (Å²) >= 11 is 17.4. The van der Waals surface area contributed by atoms with Gasteiger partial charge in [-0.15, -0.1) is 0 Å². The van der Waals surface area contributed by atoms with Crippen LogP contribution in [0, 0.1) is 10.6 Å². The summed E-state index contributed by atoms with van der Waals surface area (Å²) < 4.78 is 14.8. The number of halogens is 3. The second kappa shape index (κ2) is 6.62. The largest absolute Gasteiger partial charge is 0.250 e. The third-order valence-electron chi connectivity index (χ3n) is 3.05. The Balaban J connectivity index is 2.04. The molecule has 1 aromatic heterocycles. The van der Waals surface area contributed by atoms with Crippen LogP contribution in [-0.4, -0.2) is 21.1 Å². The fraction of sp³-hybridized carbons (Fsp3) is 0. The fourth-order valence-electron chi connectivity index (χ4n) is 1.93. The molecule has 23 heavy (non-hydrogen) atoms. The molecule has 3 aromatic rings. The van der Waals surface area contributed by atoms with E-state index in [9.17, 15) is 4.39 Å². The number of hydrogen-bond donors (Lipinski definition) is 1. The zero-order valence-corrected chi connectivity index (χ0v) is 13.8. The highest BCUT2D eigenvalue weighted by molar-refractivity contribution is 7.71. The minimum absolute atomic E-state index is 0.295. The lowest BCUT2D eigenvalue weighted by molar-refractivity contribution is 0.628. The van der Waals surface area contributed by atoms with Gasteiger partial charge >= 0.3 is 0 Å². The van der Waals surface area contributed by atoms with E-state index in [2.05, 4.69) is 15.3 Å². The van der Waals surface area contributed by atoms with Gasteiger partial charge in [0.05, 0.1) is 16.3 Å². The van der Waals surface area contributed by atoms with Gasteiger partial charge in [-0.05, 0) is 48.6 Å². The highest BCUT2D eigenvalue weighted by Gasteiger charge is 2.09. The smallest absolute Gasteiger partial charge is 0.216 e. The Hall–Kier alpha value is -2.02. The van der Waals surface area contributed by atoms with E-state index in [4.69, 9.17) is 35.4 Å². The van der Waals surface area contributed by atoms with Gasteiger partial charge < -0.3 is 0 Å². The predicted octanol–water partition coefficient (Wildman–Crippen LogP) is 4.94. The van der Waals surface area contributed by atoms with Gasteiger partial charge in [-0.3, -0.25) is 0 Å². The van der Waals surface area contributed by atoms with Crippen molar-refractivity contribution >= 4 is 41.6 Å². The molecule has 0 bridgehead atoms. The van der Waals surface area contributed by atoms with Crippen molar-refractivity contribution in [2.45, 2.75) is 0 Å². The molecule has 0 aliphatic rings. The van der Waals surface area contributed by atoms with Crippen molar-refractivity contribution in [2.75, 3.05) is 0 Å². The molecular weight excluding hydrogens is 358 g/mol. The highest BCUT2D eigenvalue weighted by Crippen LogP contribution is 2.23. The van der Waals surface area contributed by atoms with Gasteiger partial charge in [0.2, 0.25) is 4.77 Å². The molecule has 0 aliphatic carbocycles. The Bertz CT molecular complexity index is 911. The third-order valence-corrected chi connectivity index (χ3v) is 3.98. The zero-order chi connectivity index (χ0) is 16.4. The lowest BCUT2D eigenvalue weighted by Crippen LogP contribution is -1.96. The Labute approximate surface area is 146 Å². The van der Waals surface area contributed by atoms with Crippen LogP contribution in [-0.2, 0) is 0 Å². The van der Waals surface area contributed by atoms with E-state index >= 15 is 0 Å². The van der Waals surface area contributed by atoms with Crippen LogP contribution in [0.5, 0.6) is 0 Å². The average Bonchev–Trinajstić information content (AvgIpc) is 2.89. The van der Waals surface area contributed by atoms with Gasteiger partial charge in [-0.25, -0.2) is 9.49 Å². The Kier molecular flexibility index (Phi) is 4.56. The number of aromatic nitrogens is 3. The number of H-pyrrole nitrogens is 1. The van der Waals surface area contributed by atoms with Gasteiger partial charge in [0.1, 0.15) is 5.82 Å². The van der Waals surface area contributed by atoms with Gasteiger partial charge in [-0.2, -0.15) is 14.9 Å². The van der Waals surface area contributed by atoms with E-state index < -0.39 is 0 Å². The van der Waals surface area contributed by atoms with Crippen LogP contribution in [0.3, 0.4) is 0 Å². The minimum atomic E-state index is -0.333. The van der Waals surface area contributed by atoms with E-state index in [0.29, 0.717) is 31.8 Å². The van der Waals surface area contributed by atoms with Gasteiger partial charge in [0.15, 0.2) is 5.82 Å². The first-order chi connectivity index (χ1) is 11.1. The zero-order valence-electron chi connectivity index (χ0n) is 11.5. The molecule has 8 heteroatoms. The first-order valence-electron chi connectivity index (χ1n) is 6.48. The Morgan fingerprint density at radius 2 is 1.78 bits per heavy atom. The van der Waals surface area contributed by atoms with Gasteiger partial charge in [-0.1, -0.05) is 29.3 Å². The SMILES string of the molecule is Fc1ccc(-c2n[nH]c(=S)n2/N=C\c2c(Cl)cccc2Cl)cc1. The lowest BCUT2D eigenvalue weighted by atomic mass is 10.2. The van der Waals surface area contributed by atoms with Crippen LogP contribution in [0.4, 0.5) is 4.39 Å². The maximum Gasteiger partial charge on any atom is 0.216 e. The topological polar surface area (TPSA) is 46.0 Å². The van der Waals surface area contributed by atoms with E-state index in [1.165, 1.54) is 23.0 Å². The number of nitrogens with one attached hydrogen (secondary N) is 1. The molecule has 0 saturated heterocycles. The maximum absolute atomic E-state index is 13.1. The van der Waals surface area contributed by atoms with Crippen LogP contribution in [0.15, 0.2) is 47.6 Å². The Morgan fingerprint density at radius 3 is 2.43 bits per heavy atom. The van der Waals surface area contributed by atoms with E-state index in [-0.39, 0.29) is 5.82 Å². The molecule has 3 rings (SSSR count). The number of nitrogens with zero attached hydrogens (tertiary/aromatic N) is 3. The Morgan fingerprint density at radius 1 is 1.13 bits per heavy atom. The second-order valence-corrected chi connectivity index (χ2v) is 5.75. The molecule has 0 fully saturated rings. The van der Waals surface area contributed by atoms with Crippen molar-refractivity contribution in [3.8, 4) is 11.4 Å². The normalized spacial score (nSPS) is 11.3. The molecule has 0 saturated carbocycles. The monoisotopic (exact) mass is 366 g/mol. The van der Waals surface area contributed by atoms with Gasteiger partial charge in [0.25, 0.3) is 0 Å². The van der Waals surface area contributed by atoms with E-state index in [1.54, 1.807) is 30.3 Å². The lowest BCUT2D eigenvalue weighted by Gasteiger charge is -2.03. The summed E-state index contributed by atoms with van der Waals surface area (Å²) in [4.78, 5) is 0. The molecule has 0 amide bonds. The molecule has 116 valence electrons. The summed E-state index contributed by atoms with van der Waals surface area (Å²) in [6.07, 6.45) is 1.50. The first kappa shape index (κ1) is 15.9. The fourth-order valence-corrected chi connectivity index (χ4v) is 2.61. The summed E-state index contributed by atoms with van der Waals surface area (Å²) in [6.45, 7) is 0. The van der Waals surface area contributed by atoms with Crippen LogP contribution in [0.2, 0.25) is 10.0 Å². The van der Waals surface area contributed by atoms with Crippen molar-refractivity contribution in [3.63, 3.8) is 0 Å². The van der Waals surface area contributed by atoms with Crippen molar-refractivity contribution in [2.24, 2.45) is 5.10 Å². The molecule has 0 unspecified atom stereocenters. The molecule has 0 spiro atoms. The molecule has 0 aliphatic heterocycles.